The number of nitrogens with one attached hydrogen (secondary N) is 1. The van der Waals surface area contributed by atoms with E-state index < -0.39 is 0 Å². The van der Waals surface area contributed by atoms with Gasteiger partial charge in [-0.2, -0.15) is 0 Å². The molecule has 0 aliphatic heterocycles. The molecule has 3 heteroatoms. The highest BCUT2D eigenvalue weighted by atomic mass is 15.0. The lowest BCUT2D eigenvalue weighted by molar-refractivity contribution is 0.920. The Morgan fingerprint density at radius 1 is 0.955 bits per heavy atom. The van der Waals surface area contributed by atoms with Crippen molar-refractivity contribution in [1.29, 1.82) is 0 Å². The van der Waals surface area contributed by atoms with Crippen LogP contribution in [0.4, 0.5) is 5.69 Å². The lowest BCUT2D eigenvalue weighted by atomic mass is 10.0. The Hall–Kier alpha value is -2.81. The van der Waals surface area contributed by atoms with Gasteiger partial charge in [0.25, 0.3) is 0 Å². The molecule has 22 heavy (non-hydrogen) atoms. The molecule has 3 N–H and O–H groups in total. The first-order valence-corrected chi connectivity index (χ1v) is 7.32. The molecule has 0 heterocycles. The SMILES string of the molecule is CN=C(NCc1cccc2ccccc12)c1ccccc1N. The van der Waals surface area contributed by atoms with Crippen LogP contribution in [0.5, 0.6) is 0 Å². The molecule has 0 bridgehead atoms. The van der Waals surface area contributed by atoms with Crippen molar-refractivity contribution in [3.05, 3.63) is 77.9 Å². The molecule has 3 aromatic rings. The fourth-order valence-electron chi connectivity index (χ4n) is 2.63. The predicted octanol–water partition coefficient (Wildman–Crippen LogP) is 3.59. The average Bonchev–Trinajstić information content (AvgIpc) is 2.57. The average molecular weight is 289 g/mol. The first-order chi connectivity index (χ1) is 10.8. The largest absolute Gasteiger partial charge is 0.398 e. The van der Waals surface area contributed by atoms with Crippen molar-refractivity contribution in [3.8, 4) is 0 Å². The molecule has 0 spiro atoms. The molecule has 0 unspecified atom stereocenters. The van der Waals surface area contributed by atoms with Gasteiger partial charge in [0.15, 0.2) is 0 Å². The van der Waals surface area contributed by atoms with E-state index in [1.54, 1.807) is 7.05 Å². The number of anilines is 1. The zero-order valence-electron chi connectivity index (χ0n) is 12.6. The lowest BCUT2D eigenvalue weighted by Crippen LogP contribution is -2.25. The molecule has 0 amide bonds. The molecule has 0 fully saturated rings. The minimum Gasteiger partial charge on any atom is -0.398 e. The summed E-state index contributed by atoms with van der Waals surface area (Å²) < 4.78 is 0. The van der Waals surface area contributed by atoms with Crippen LogP contribution in [0, 0.1) is 0 Å². The van der Waals surface area contributed by atoms with E-state index in [0.717, 1.165) is 17.1 Å². The monoisotopic (exact) mass is 289 g/mol. The van der Waals surface area contributed by atoms with E-state index in [2.05, 4.69) is 52.8 Å². The summed E-state index contributed by atoms with van der Waals surface area (Å²) in [5.41, 5.74) is 8.95. The quantitative estimate of drug-likeness (QED) is 0.440. The highest BCUT2D eigenvalue weighted by Crippen LogP contribution is 2.18. The van der Waals surface area contributed by atoms with Crippen LogP contribution >= 0.6 is 0 Å². The normalized spacial score (nSPS) is 11.6. The molecular weight excluding hydrogens is 270 g/mol. The Morgan fingerprint density at radius 2 is 1.68 bits per heavy atom. The van der Waals surface area contributed by atoms with Gasteiger partial charge in [0.05, 0.1) is 0 Å². The van der Waals surface area contributed by atoms with Crippen LogP contribution in [0.3, 0.4) is 0 Å². The summed E-state index contributed by atoms with van der Waals surface area (Å²) in [6, 6.07) is 22.5. The molecule has 110 valence electrons. The van der Waals surface area contributed by atoms with Gasteiger partial charge in [-0.3, -0.25) is 4.99 Å². The first kappa shape index (κ1) is 14.1. The third-order valence-corrected chi connectivity index (χ3v) is 3.77. The van der Waals surface area contributed by atoms with Crippen LogP contribution < -0.4 is 11.1 Å². The summed E-state index contributed by atoms with van der Waals surface area (Å²) in [7, 11) is 1.78. The van der Waals surface area contributed by atoms with Crippen LogP contribution in [-0.2, 0) is 6.54 Å². The van der Waals surface area contributed by atoms with Crippen LogP contribution in [0.2, 0.25) is 0 Å². The highest BCUT2D eigenvalue weighted by molar-refractivity contribution is 6.03. The van der Waals surface area contributed by atoms with Gasteiger partial charge in [0, 0.05) is 24.8 Å². The maximum atomic E-state index is 6.04. The van der Waals surface area contributed by atoms with Crippen LogP contribution in [0.25, 0.3) is 10.8 Å². The third kappa shape index (κ3) is 2.79. The van der Waals surface area contributed by atoms with Gasteiger partial charge >= 0.3 is 0 Å². The zero-order valence-corrected chi connectivity index (χ0v) is 12.6. The second-order valence-corrected chi connectivity index (χ2v) is 5.15. The number of fused-ring (bicyclic) bond motifs is 1. The Bertz CT molecular complexity index is 816. The molecule has 0 atom stereocenters. The molecule has 0 radical (unpaired) electrons. The van der Waals surface area contributed by atoms with Crippen molar-refractivity contribution >= 4 is 22.3 Å². The topological polar surface area (TPSA) is 50.4 Å². The van der Waals surface area contributed by atoms with Crippen molar-refractivity contribution in [3.63, 3.8) is 0 Å². The molecule has 3 nitrogen and oxygen atoms in total. The van der Waals surface area contributed by atoms with Gasteiger partial charge in [-0.15, -0.1) is 0 Å². The summed E-state index contributed by atoms with van der Waals surface area (Å²) in [5.74, 6) is 0.811. The van der Waals surface area contributed by atoms with Gasteiger partial charge < -0.3 is 11.1 Å². The molecule has 0 aliphatic carbocycles. The minimum absolute atomic E-state index is 0.711. The van der Waals surface area contributed by atoms with Gasteiger partial charge in [-0.25, -0.2) is 0 Å². The summed E-state index contributed by atoms with van der Waals surface area (Å²) in [5, 5.41) is 5.91. The van der Waals surface area contributed by atoms with Gasteiger partial charge in [-0.05, 0) is 28.5 Å². The first-order valence-electron chi connectivity index (χ1n) is 7.32. The Morgan fingerprint density at radius 3 is 2.50 bits per heavy atom. The zero-order chi connectivity index (χ0) is 15.4. The van der Waals surface area contributed by atoms with Gasteiger partial charge in [-0.1, -0.05) is 54.6 Å². The van der Waals surface area contributed by atoms with E-state index >= 15 is 0 Å². The second kappa shape index (κ2) is 6.31. The highest BCUT2D eigenvalue weighted by Gasteiger charge is 2.07. The van der Waals surface area contributed by atoms with Crippen LogP contribution in [0.1, 0.15) is 11.1 Å². The Kier molecular flexibility index (Phi) is 4.05. The number of amidine groups is 1. The van der Waals surface area contributed by atoms with Gasteiger partial charge in [0.1, 0.15) is 5.84 Å². The Labute approximate surface area is 130 Å². The molecule has 3 rings (SSSR count). The number of hydrogen-bond donors (Lipinski definition) is 2. The molecule has 0 aromatic heterocycles. The number of para-hydroxylation sites is 1. The summed E-state index contributed by atoms with van der Waals surface area (Å²) in [4.78, 5) is 4.34. The molecular formula is C19H19N3. The van der Waals surface area contributed by atoms with E-state index in [0.29, 0.717) is 6.54 Å². The van der Waals surface area contributed by atoms with Crippen molar-refractivity contribution in [1.82, 2.24) is 5.32 Å². The lowest BCUT2D eigenvalue weighted by Gasteiger charge is -2.13. The summed E-state index contributed by atoms with van der Waals surface area (Å²) >= 11 is 0. The fourth-order valence-corrected chi connectivity index (χ4v) is 2.63. The van der Waals surface area contributed by atoms with Gasteiger partial charge in [0.2, 0.25) is 0 Å². The second-order valence-electron chi connectivity index (χ2n) is 5.15. The third-order valence-electron chi connectivity index (χ3n) is 3.77. The molecule has 3 aromatic carbocycles. The molecule has 0 saturated heterocycles. The van der Waals surface area contributed by atoms with Crippen molar-refractivity contribution in [2.75, 3.05) is 12.8 Å². The number of rotatable bonds is 3. The number of nitrogen functional groups attached to an aromatic ring is 1. The number of nitrogens with two attached hydrogens (primary N) is 1. The molecule has 0 aliphatic rings. The standard InChI is InChI=1S/C19H19N3/c1-21-19(17-11-4-5-12-18(17)20)22-13-15-9-6-8-14-7-2-3-10-16(14)15/h2-12H,13,20H2,1H3,(H,21,22). The van der Waals surface area contributed by atoms with Crippen molar-refractivity contribution in [2.45, 2.75) is 6.54 Å². The number of nitrogens with zero attached hydrogens (tertiary/aromatic N) is 1. The minimum atomic E-state index is 0.711. The summed E-state index contributed by atoms with van der Waals surface area (Å²) in [6.45, 7) is 0.711. The van der Waals surface area contributed by atoms with Crippen molar-refractivity contribution in [2.24, 2.45) is 4.99 Å². The maximum absolute atomic E-state index is 6.04. The van der Waals surface area contributed by atoms with E-state index in [9.17, 15) is 0 Å². The molecule has 0 saturated carbocycles. The number of benzene rings is 3. The van der Waals surface area contributed by atoms with E-state index in [4.69, 9.17) is 5.73 Å². The smallest absolute Gasteiger partial charge is 0.130 e. The maximum Gasteiger partial charge on any atom is 0.130 e. The number of aliphatic imine (C=N–C) groups is 1. The fraction of sp³-hybridized carbons (Fsp3) is 0.105. The predicted molar refractivity (Wildman–Crippen MR) is 94.1 cm³/mol. The summed E-state index contributed by atoms with van der Waals surface area (Å²) in [6.07, 6.45) is 0. The van der Waals surface area contributed by atoms with Crippen LogP contribution in [0.15, 0.2) is 71.7 Å². The van der Waals surface area contributed by atoms with E-state index in [1.165, 1.54) is 16.3 Å². The van der Waals surface area contributed by atoms with E-state index in [-0.39, 0.29) is 0 Å². The van der Waals surface area contributed by atoms with Crippen LogP contribution in [-0.4, -0.2) is 12.9 Å². The van der Waals surface area contributed by atoms with Crippen molar-refractivity contribution < 1.29 is 0 Å². The van der Waals surface area contributed by atoms with E-state index in [1.807, 2.05) is 24.3 Å². The number of hydrogen-bond acceptors (Lipinski definition) is 2. The Balaban J connectivity index is 1.86.